The summed E-state index contributed by atoms with van der Waals surface area (Å²) in [6.45, 7) is 3.82. The highest BCUT2D eigenvalue weighted by atomic mass is 16.7. The summed E-state index contributed by atoms with van der Waals surface area (Å²) in [6.07, 6.45) is -2.91. The fourth-order valence-corrected chi connectivity index (χ4v) is 5.97. The first-order chi connectivity index (χ1) is 24.7. The molecule has 0 bridgehead atoms. The van der Waals surface area contributed by atoms with Crippen molar-refractivity contribution >= 4 is 24.0 Å². The second-order valence-corrected chi connectivity index (χ2v) is 12.4. The molecule has 2 unspecified atom stereocenters. The minimum absolute atomic E-state index is 0.0248. The zero-order valence-electron chi connectivity index (χ0n) is 29.3. The Balaban J connectivity index is 1.20. The molecule has 0 spiro atoms. The molecule has 280 valence electrons. The normalized spacial score (nSPS) is 21.6. The average Bonchev–Trinajstić information content (AvgIpc) is 3.45. The molecule has 1 saturated heterocycles. The summed E-state index contributed by atoms with van der Waals surface area (Å²) in [6, 6.07) is 14.0. The minimum atomic E-state index is -1.59. The molecule has 2 aliphatic rings. The molecule has 2 aromatic carbocycles. The summed E-state index contributed by atoms with van der Waals surface area (Å²) in [5.74, 6) is -3.31. The maximum atomic E-state index is 12.6. The molecule has 1 amide bonds. The summed E-state index contributed by atoms with van der Waals surface area (Å²) < 4.78 is 38.9. The smallest absolute Gasteiger partial charge is 0.407 e. The molecule has 1 aliphatic carbocycles. The van der Waals surface area contributed by atoms with Crippen molar-refractivity contribution in [2.75, 3.05) is 40.1 Å². The lowest BCUT2D eigenvalue weighted by Gasteiger charge is -2.43. The largest absolute Gasteiger partial charge is 0.480 e. The maximum Gasteiger partial charge on any atom is 0.407 e. The van der Waals surface area contributed by atoms with E-state index in [9.17, 15) is 29.4 Å². The standard InChI is InChI=1S/C37H49NO13/c1-4-6-18-46-33-32(41)29(51-36(45-3)34(33)47-19-7-5-2)22-49-31(40)17-16-30(39)48-21-28(35(42)43)38-37(44)50-20-27-25-14-10-8-12-23(25)24-13-9-11-15-26(24)27/h8-15,27-29,32-34,36,41H,4-7,16-22H2,1-3H3,(H,38,44)(H,42,43)/t28-,29?,32+,33-,34?,36-/m0/s1. The van der Waals surface area contributed by atoms with Gasteiger partial charge in [-0.2, -0.15) is 0 Å². The number of fused-ring (bicyclic) bond motifs is 3. The van der Waals surface area contributed by atoms with Crippen molar-refractivity contribution in [2.45, 2.75) is 95.0 Å². The second-order valence-electron chi connectivity index (χ2n) is 12.4. The number of aliphatic hydroxyl groups excluding tert-OH is 1. The minimum Gasteiger partial charge on any atom is -0.480 e. The van der Waals surface area contributed by atoms with Crippen LogP contribution in [0, 0.1) is 0 Å². The van der Waals surface area contributed by atoms with E-state index in [1.54, 1.807) is 0 Å². The van der Waals surface area contributed by atoms with E-state index in [-0.39, 0.29) is 25.6 Å². The number of aliphatic carboxylic acids is 1. The van der Waals surface area contributed by atoms with Crippen molar-refractivity contribution in [3.63, 3.8) is 0 Å². The fourth-order valence-electron chi connectivity index (χ4n) is 5.97. The van der Waals surface area contributed by atoms with Crippen molar-refractivity contribution in [1.82, 2.24) is 5.32 Å². The van der Waals surface area contributed by atoms with Crippen molar-refractivity contribution in [3.8, 4) is 11.1 Å². The molecular weight excluding hydrogens is 666 g/mol. The molecule has 1 aliphatic heterocycles. The number of aliphatic hydroxyl groups is 1. The molecule has 0 radical (unpaired) electrons. The topological polar surface area (TPSA) is 185 Å². The molecule has 14 heteroatoms. The van der Waals surface area contributed by atoms with E-state index in [1.807, 2.05) is 62.4 Å². The number of alkyl carbamates (subject to hydrolysis) is 1. The number of unbranched alkanes of at least 4 members (excludes halogenated alkanes) is 2. The molecule has 6 atom stereocenters. The zero-order valence-corrected chi connectivity index (χ0v) is 29.3. The van der Waals surface area contributed by atoms with Crippen LogP contribution in [0.25, 0.3) is 11.1 Å². The lowest BCUT2D eigenvalue weighted by Crippen LogP contribution is -2.61. The molecule has 0 saturated carbocycles. The van der Waals surface area contributed by atoms with E-state index in [1.165, 1.54) is 7.11 Å². The van der Waals surface area contributed by atoms with E-state index in [4.69, 9.17) is 33.2 Å². The van der Waals surface area contributed by atoms with Gasteiger partial charge in [0.25, 0.3) is 0 Å². The number of carbonyl (C=O) groups is 4. The Morgan fingerprint density at radius 1 is 0.804 bits per heavy atom. The Labute approximate surface area is 297 Å². The zero-order chi connectivity index (χ0) is 36.8. The van der Waals surface area contributed by atoms with Crippen LogP contribution < -0.4 is 5.32 Å². The van der Waals surface area contributed by atoms with Crippen molar-refractivity contribution in [1.29, 1.82) is 0 Å². The predicted octanol–water partition coefficient (Wildman–Crippen LogP) is 3.95. The van der Waals surface area contributed by atoms with E-state index in [0.717, 1.165) is 47.9 Å². The highest BCUT2D eigenvalue weighted by Gasteiger charge is 2.47. The van der Waals surface area contributed by atoms with Gasteiger partial charge in [0.15, 0.2) is 12.3 Å². The van der Waals surface area contributed by atoms with Crippen LogP contribution in [0.5, 0.6) is 0 Å². The van der Waals surface area contributed by atoms with Crippen LogP contribution in [0.15, 0.2) is 48.5 Å². The van der Waals surface area contributed by atoms with Gasteiger partial charge in [-0.15, -0.1) is 0 Å². The predicted molar refractivity (Wildman–Crippen MR) is 182 cm³/mol. The summed E-state index contributed by atoms with van der Waals surface area (Å²) in [7, 11) is 1.44. The number of carbonyl (C=O) groups excluding carboxylic acids is 3. The lowest BCUT2D eigenvalue weighted by atomic mass is 9.98. The van der Waals surface area contributed by atoms with Gasteiger partial charge in [-0.1, -0.05) is 75.2 Å². The molecule has 4 rings (SSSR count). The first-order valence-electron chi connectivity index (χ1n) is 17.4. The van der Waals surface area contributed by atoms with Crippen molar-refractivity contribution < 1.29 is 62.5 Å². The number of methoxy groups -OCH3 is 1. The monoisotopic (exact) mass is 715 g/mol. The first-order valence-corrected chi connectivity index (χ1v) is 17.4. The molecule has 1 fully saturated rings. The number of carboxylic acid groups (broad SMARTS) is 1. The van der Waals surface area contributed by atoms with Crippen LogP contribution in [0.1, 0.15) is 69.4 Å². The van der Waals surface area contributed by atoms with Crippen LogP contribution in [-0.4, -0.2) is 111 Å². The van der Waals surface area contributed by atoms with Gasteiger partial charge in [-0.3, -0.25) is 9.59 Å². The van der Waals surface area contributed by atoms with E-state index >= 15 is 0 Å². The van der Waals surface area contributed by atoms with Gasteiger partial charge in [0.2, 0.25) is 0 Å². The molecule has 0 aromatic heterocycles. The first kappa shape index (κ1) is 39.7. The van der Waals surface area contributed by atoms with E-state index in [0.29, 0.717) is 13.2 Å². The molecule has 3 N–H and O–H groups in total. The maximum absolute atomic E-state index is 12.6. The number of amides is 1. The number of hydrogen-bond donors (Lipinski definition) is 3. The third kappa shape index (κ3) is 11.0. The number of nitrogens with one attached hydrogen (secondary N) is 1. The molecule has 1 heterocycles. The summed E-state index contributed by atoms with van der Waals surface area (Å²) in [5, 5.41) is 22.9. The molecule has 2 aromatic rings. The highest BCUT2D eigenvalue weighted by molar-refractivity contribution is 5.82. The van der Waals surface area contributed by atoms with Crippen molar-refractivity contribution in [2.24, 2.45) is 0 Å². The number of benzene rings is 2. The molecular formula is C37H49NO13. The Morgan fingerprint density at radius 3 is 1.94 bits per heavy atom. The quantitative estimate of drug-likeness (QED) is 0.102. The number of ether oxygens (including phenoxy) is 7. The molecule has 51 heavy (non-hydrogen) atoms. The van der Waals surface area contributed by atoms with Gasteiger partial charge in [-0.05, 0) is 35.1 Å². The third-order valence-electron chi connectivity index (χ3n) is 8.75. The fraction of sp³-hybridized carbons (Fsp3) is 0.568. The lowest BCUT2D eigenvalue weighted by molar-refractivity contribution is -0.311. The van der Waals surface area contributed by atoms with Crippen LogP contribution in [0.4, 0.5) is 4.79 Å². The number of esters is 2. The van der Waals surface area contributed by atoms with Crippen LogP contribution >= 0.6 is 0 Å². The van der Waals surface area contributed by atoms with E-state index in [2.05, 4.69) is 5.32 Å². The van der Waals surface area contributed by atoms with Gasteiger partial charge in [0, 0.05) is 26.2 Å². The van der Waals surface area contributed by atoms with Crippen LogP contribution in [-0.2, 0) is 47.5 Å². The highest BCUT2D eigenvalue weighted by Crippen LogP contribution is 2.44. The number of rotatable bonds is 20. The summed E-state index contributed by atoms with van der Waals surface area (Å²) in [4.78, 5) is 49.2. The Kier molecular flexibility index (Phi) is 15.6. The van der Waals surface area contributed by atoms with Gasteiger partial charge in [0.05, 0.1) is 12.8 Å². The number of carboxylic acids is 1. The van der Waals surface area contributed by atoms with Gasteiger partial charge in [0.1, 0.15) is 44.2 Å². The Hall–Kier alpha value is -4.08. The van der Waals surface area contributed by atoms with Crippen molar-refractivity contribution in [3.05, 3.63) is 59.7 Å². The summed E-state index contributed by atoms with van der Waals surface area (Å²) >= 11 is 0. The van der Waals surface area contributed by atoms with Gasteiger partial charge < -0.3 is 48.7 Å². The second kappa shape index (κ2) is 20.1. The number of hydrogen-bond acceptors (Lipinski definition) is 12. The molecule has 14 nitrogen and oxygen atoms in total. The van der Waals surface area contributed by atoms with Crippen LogP contribution in [0.2, 0.25) is 0 Å². The SMILES string of the molecule is CCCCOC1[C@@H](OC)OC(COC(=O)CCC(=O)OC[C@H](NC(=O)OCC2c3ccccc3-c3ccccc32)C(=O)O)[C@@H](O)[C@@H]1OCCCC. The van der Waals surface area contributed by atoms with Crippen LogP contribution in [0.3, 0.4) is 0 Å². The Bertz CT molecular complexity index is 1410. The summed E-state index contributed by atoms with van der Waals surface area (Å²) in [5.41, 5.74) is 4.08. The third-order valence-corrected chi connectivity index (χ3v) is 8.75. The Morgan fingerprint density at radius 2 is 1.37 bits per heavy atom. The van der Waals surface area contributed by atoms with E-state index < -0.39 is 73.8 Å². The van der Waals surface area contributed by atoms with Gasteiger partial charge in [-0.25, -0.2) is 9.59 Å². The van der Waals surface area contributed by atoms with Gasteiger partial charge >= 0.3 is 24.0 Å². The average molecular weight is 716 g/mol.